The number of rotatable bonds is 8. The van der Waals surface area contributed by atoms with Gasteiger partial charge in [-0.25, -0.2) is 0 Å². The Hall–Kier alpha value is -4.14. The first-order valence-corrected chi connectivity index (χ1v) is 17.4. The molecule has 50 heavy (non-hydrogen) atoms. The molecule has 1 saturated carbocycles. The number of amides is 3. The Morgan fingerprint density at radius 1 is 1.04 bits per heavy atom. The number of aliphatic hydroxyl groups excluding tert-OH is 1. The predicted molar refractivity (Wildman–Crippen MR) is 176 cm³/mol. The van der Waals surface area contributed by atoms with Crippen molar-refractivity contribution in [3.05, 3.63) is 76.9 Å². The highest BCUT2D eigenvalue weighted by atomic mass is 16.8. The fraction of sp³-hybridized carbons (Fsp3) is 0.514. The third kappa shape index (κ3) is 5.25. The maximum atomic E-state index is 15.1. The maximum absolute atomic E-state index is 15.1. The number of carbonyl (C=O) groups excluding carboxylic acids is 4. The number of ether oxygens (including phenoxy) is 3. The number of nitrogens with one attached hydrogen (secondary N) is 1. The number of likely N-dealkylation sites (tertiary alicyclic amines) is 1. The largest absolute Gasteiger partial charge is 0.458 e. The topological polar surface area (TPSA) is 147 Å². The van der Waals surface area contributed by atoms with Crippen molar-refractivity contribution in [2.24, 2.45) is 5.41 Å². The second-order valence-electron chi connectivity index (χ2n) is 14.4. The summed E-state index contributed by atoms with van der Waals surface area (Å²) in [5.74, 6) is -2.45. The van der Waals surface area contributed by atoms with Crippen LogP contribution in [0.5, 0.6) is 0 Å². The number of likely N-dealkylation sites (N-methyl/N-ethyl adjacent to an activating group) is 1. The molecule has 8 rings (SSSR count). The first-order chi connectivity index (χ1) is 24.1. The maximum Gasteiger partial charge on any atom is 0.327 e. The minimum absolute atomic E-state index is 0.0758. The lowest BCUT2D eigenvalue weighted by Gasteiger charge is -2.50. The number of hydrogen-bond donors (Lipinski definition) is 2. The van der Waals surface area contributed by atoms with Crippen LogP contribution in [0.2, 0.25) is 0 Å². The number of fused-ring (bicyclic) bond motifs is 5. The number of aliphatic hydroxyl groups is 1. The Morgan fingerprint density at radius 3 is 2.50 bits per heavy atom. The number of hydroxylamine groups is 2. The molecule has 264 valence electrons. The average Bonchev–Trinajstić information content (AvgIpc) is 3.89. The lowest BCUT2D eigenvalue weighted by molar-refractivity contribution is -0.218. The van der Waals surface area contributed by atoms with Gasteiger partial charge in [-0.15, -0.1) is 0 Å². The molecular formula is C37H42N4O9. The van der Waals surface area contributed by atoms with Crippen molar-refractivity contribution < 1.29 is 43.3 Å². The number of nitrogens with zero attached hydrogens (tertiary/aromatic N) is 3. The predicted octanol–water partition coefficient (Wildman–Crippen LogP) is 0.967. The summed E-state index contributed by atoms with van der Waals surface area (Å²) in [5.41, 5.74) is 2.35. The van der Waals surface area contributed by atoms with E-state index >= 15 is 4.79 Å². The molecule has 1 spiro atoms. The molecule has 4 heterocycles. The summed E-state index contributed by atoms with van der Waals surface area (Å²) in [4.78, 5) is 64.8. The van der Waals surface area contributed by atoms with E-state index in [-0.39, 0.29) is 43.8 Å². The summed E-state index contributed by atoms with van der Waals surface area (Å²) < 4.78 is 19.7. The summed E-state index contributed by atoms with van der Waals surface area (Å²) in [6, 6.07) is 13.7. The monoisotopic (exact) mass is 686 g/mol. The fourth-order valence-corrected chi connectivity index (χ4v) is 8.90. The van der Waals surface area contributed by atoms with Gasteiger partial charge in [0, 0.05) is 52.5 Å². The first kappa shape index (κ1) is 33.0. The zero-order valence-corrected chi connectivity index (χ0v) is 28.2. The fourth-order valence-electron chi connectivity index (χ4n) is 8.90. The zero-order chi connectivity index (χ0) is 34.8. The highest BCUT2D eigenvalue weighted by Crippen LogP contribution is 2.59. The van der Waals surface area contributed by atoms with Gasteiger partial charge >= 0.3 is 5.97 Å². The summed E-state index contributed by atoms with van der Waals surface area (Å²) in [6.07, 6.45) is 2.42. The lowest BCUT2D eigenvalue weighted by Crippen LogP contribution is -2.70. The van der Waals surface area contributed by atoms with Gasteiger partial charge in [-0.1, -0.05) is 48.5 Å². The normalized spacial score (nSPS) is 31.9. The Kier molecular flexibility index (Phi) is 8.30. The number of esters is 1. The van der Waals surface area contributed by atoms with Crippen molar-refractivity contribution in [1.82, 2.24) is 20.2 Å². The SMILES string of the molecule is CN(C)C(=O)C=Cc1ccccc1CN1O[C@@H]2[C@H]3OC4(Cc5ccccc5C4)O[C@H]3[C@H]3C[C@]2(C(=O)N2CCC[C@@H]2C(=O)NCCO)[C@@H]1C(=O)O3. The Morgan fingerprint density at radius 2 is 1.76 bits per heavy atom. The molecule has 2 aromatic carbocycles. The minimum atomic E-state index is -1.42. The van der Waals surface area contributed by atoms with Crippen LogP contribution in [0.3, 0.4) is 0 Å². The van der Waals surface area contributed by atoms with Crippen LogP contribution in [0.1, 0.15) is 41.5 Å². The van der Waals surface area contributed by atoms with Gasteiger partial charge in [-0.2, -0.15) is 5.06 Å². The molecule has 4 aliphatic heterocycles. The van der Waals surface area contributed by atoms with Gasteiger partial charge in [0.2, 0.25) is 17.7 Å². The molecule has 2 aliphatic carbocycles. The van der Waals surface area contributed by atoms with Crippen LogP contribution in [0.4, 0.5) is 0 Å². The van der Waals surface area contributed by atoms with E-state index in [1.54, 1.807) is 30.1 Å². The summed E-state index contributed by atoms with van der Waals surface area (Å²) in [6.45, 7) is 0.312. The molecule has 5 fully saturated rings. The molecule has 0 radical (unpaired) electrons. The number of carbonyl (C=O) groups is 4. The van der Waals surface area contributed by atoms with Gasteiger partial charge < -0.3 is 34.4 Å². The van der Waals surface area contributed by atoms with Crippen molar-refractivity contribution in [2.45, 2.75) is 80.9 Å². The first-order valence-electron chi connectivity index (χ1n) is 17.4. The molecule has 7 atom stereocenters. The van der Waals surface area contributed by atoms with Crippen molar-refractivity contribution in [3.8, 4) is 0 Å². The van der Waals surface area contributed by atoms with Crippen LogP contribution < -0.4 is 5.32 Å². The molecule has 4 saturated heterocycles. The van der Waals surface area contributed by atoms with Gasteiger partial charge in [-0.05, 0) is 41.2 Å². The molecule has 13 nitrogen and oxygen atoms in total. The van der Waals surface area contributed by atoms with E-state index in [2.05, 4.69) is 17.4 Å². The van der Waals surface area contributed by atoms with Crippen LogP contribution in [-0.4, -0.2) is 120 Å². The van der Waals surface area contributed by atoms with Crippen LogP contribution >= 0.6 is 0 Å². The van der Waals surface area contributed by atoms with E-state index in [0.29, 0.717) is 32.2 Å². The number of benzene rings is 2. The van der Waals surface area contributed by atoms with Gasteiger partial charge in [0.25, 0.3) is 0 Å². The Balaban J connectivity index is 1.17. The van der Waals surface area contributed by atoms with Crippen LogP contribution in [0.15, 0.2) is 54.6 Å². The lowest BCUT2D eigenvalue weighted by atomic mass is 9.62. The van der Waals surface area contributed by atoms with E-state index < -0.39 is 53.7 Å². The van der Waals surface area contributed by atoms with Crippen molar-refractivity contribution in [2.75, 3.05) is 33.8 Å². The summed E-state index contributed by atoms with van der Waals surface area (Å²) >= 11 is 0. The van der Waals surface area contributed by atoms with E-state index in [0.717, 1.165) is 22.3 Å². The number of hydrogen-bond acceptors (Lipinski definition) is 10. The highest BCUT2D eigenvalue weighted by Gasteiger charge is 2.77. The third-order valence-corrected chi connectivity index (χ3v) is 11.1. The van der Waals surface area contributed by atoms with Gasteiger partial charge in [0.15, 0.2) is 11.8 Å². The standard InChI is InChI=1S/C37H42N4O9/c1-39(2)28(43)14-13-22-8-3-6-11-25(22)21-41-31-34(45)47-27-20-37(31,35(46)40-16-7-12-26(40)33(44)38-15-17-42)32(50-41)30-29(27)48-36(49-30)18-23-9-4-5-10-24(23)19-36/h3-6,8-11,13-14,26-27,29-32,42H,7,12,15-21H2,1-2H3,(H,38,44)/t26-,27-,29+,30+,31+,32-,37+/m1/s1. The highest BCUT2D eigenvalue weighted by molar-refractivity contribution is 5.96. The van der Waals surface area contributed by atoms with E-state index in [1.165, 1.54) is 11.0 Å². The molecule has 0 unspecified atom stereocenters. The summed E-state index contributed by atoms with van der Waals surface area (Å²) in [7, 11) is 3.35. The second-order valence-corrected chi connectivity index (χ2v) is 14.4. The van der Waals surface area contributed by atoms with Crippen LogP contribution in [0.25, 0.3) is 6.08 Å². The molecule has 6 aliphatic rings. The average molecular weight is 687 g/mol. The van der Waals surface area contributed by atoms with Crippen molar-refractivity contribution >= 4 is 29.8 Å². The second kappa shape index (κ2) is 12.6. The van der Waals surface area contributed by atoms with Gasteiger partial charge in [0.05, 0.1) is 13.2 Å². The summed E-state index contributed by atoms with van der Waals surface area (Å²) in [5, 5.41) is 13.6. The molecule has 2 N–H and O–H groups in total. The smallest absolute Gasteiger partial charge is 0.327 e. The molecule has 0 aromatic heterocycles. The molecule has 2 bridgehead atoms. The van der Waals surface area contributed by atoms with Crippen molar-refractivity contribution in [1.29, 1.82) is 0 Å². The minimum Gasteiger partial charge on any atom is -0.458 e. The molecule has 13 heteroatoms. The molecule has 2 aromatic rings. The van der Waals surface area contributed by atoms with E-state index in [9.17, 15) is 19.5 Å². The van der Waals surface area contributed by atoms with Crippen LogP contribution in [0, 0.1) is 5.41 Å². The molecular weight excluding hydrogens is 644 g/mol. The molecule has 3 amide bonds. The van der Waals surface area contributed by atoms with Gasteiger partial charge in [0.1, 0.15) is 35.9 Å². The Bertz CT molecular complexity index is 1720. The van der Waals surface area contributed by atoms with E-state index in [1.807, 2.05) is 36.4 Å². The van der Waals surface area contributed by atoms with E-state index in [4.69, 9.17) is 19.0 Å². The Labute approximate surface area is 290 Å². The van der Waals surface area contributed by atoms with Crippen molar-refractivity contribution in [3.63, 3.8) is 0 Å². The third-order valence-electron chi connectivity index (χ3n) is 11.1. The van der Waals surface area contributed by atoms with Gasteiger partial charge in [-0.3, -0.25) is 24.0 Å². The quantitative estimate of drug-likeness (QED) is 0.304. The van der Waals surface area contributed by atoms with Crippen LogP contribution in [-0.2, 0) is 57.6 Å². The zero-order valence-electron chi connectivity index (χ0n) is 28.2.